The fourth-order valence-electron chi connectivity index (χ4n) is 4.22. The molecule has 0 bridgehead atoms. The van der Waals surface area contributed by atoms with Crippen LogP contribution in [0.5, 0.6) is 5.75 Å². The van der Waals surface area contributed by atoms with Crippen molar-refractivity contribution in [1.82, 2.24) is 10.2 Å². The van der Waals surface area contributed by atoms with Crippen LogP contribution in [0.25, 0.3) is 0 Å². The third kappa shape index (κ3) is 9.00. The first kappa shape index (κ1) is 32.5. The highest BCUT2D eigenvalue weighted by Crippen LogP contribution is 2.33. The monoisotopic (exact) mass is 639 g/mol. The molecule has 3 aromatic carbocycles. The van der Waals surface area contributed by atoms with E-state index in [1.54, 1.807) is 24.3 Å². The first-order valence-corrected chi connectivity index (χ1v) is 15.7. The lowest BCUT2D eigenvalue weighted by molar-refractivity contribution is -0.140. The summed E-state index contributed by atoms with van der Waals surface area (Å²) in [5, 5.41) is 3.77. The summed E-state index contributed by atoms with van der Waals surface area (Å²) < 4.78 is 32.3. The highest BCUT2D eigenvalue weighted by molar-refractivity contribution is 7.92. The van der Waals surface area contributed by atoms with Crippen LogP contribution in [0, 0.1) is 0 Å². The third-order valence-corrected chi connectivity index (χ3v) is 8.23. The smallest absolute Gasteiger partial charge is 0.244 e. The van der Waals surface area contributed by atoms with E-state index in [-0.39, 0.29) is 46.4 Å². The van der Waals surface area contributed by atoms with E-state index in [1.165, 1.54) is 24.1 Å². The van der Waals surface area contributed by atoms with Gasteiger partial charge >= 0.3 is 0 Å². The molecule has 0 saturated carbocycles. The van der Waals surface area contributed by atoms with Gasteiger partial charge in [-0.1, -0.05) is 71.2 Å². The molecule has 0 aliphatic rings. The van der Waals surface area contributed by atoms with Gasteiger partial charge < -0.3 is 15.0 Å². The number of sulfonamides is 1. The van der Waals surface area contributed by atoms with Gasteiger partial charge in [0.15, 0.2) is 0 Å². The minimum atomic E-state index is -4.00. The zero-order valence-electron chi connectivity index (χ0n) is 23.1. The Balaban J connectivity index is 2.12. The average molecular weight is 641 g/mol. The van der Waals surface area contributed by atoms with Crippen LogP contribution < -0.4 is 14.4 Å². The minimum Gasteiger partial charge on any atom is -0.495 e. The Labute approximate surface area is 256 Å². The molecule has 0 aliphatic heterocycles. The van der Waals surface area contributed by atoms with Crippen LogP contribution in [0.3, 0.4) is 0 Å². The van der Waals surface area contributed by atoms with Crippen molar-refractivity contribution in [1.29, 1.82) is 0 Å². The van der Waals surface area contributed by atoms with Crippen molar-refractivity contribution < 1.29 is 22.7 Å². The van der Waals surface area contributed by atoms with Crippen molar-refractivity contribution in [3.8, 4) is 5.75 Å². The second kappa shape index (κ2) is 14.3. The van der Waals surface area contributed by atoms with Gasteiger partial charge in [0.25, 0.3) is 0 Å². The number of carbonyl (C=O) groups excluding carboxylic acids is 2. The van der Waals surface area contributed by atoms with Gasteiger partial charge in [-0.25, -0.2) is 8.42 Å². The number of carbonyl (C=O) groups is 2. The van der Waals surface area contributed by atoms with E-state index in [1.807, 2.05) is 44.2 Å². The average Bonchev–Trinajstić information content (AvgIpc) is 2.90. The summed E-state index contributed by atoms with van der Waals surface area (Å²) in [5.74, 6) is -0.797. The number of hydrogen-bond acceptors (Lipinski definition) is 5. The molecule has 0 fully saturated rings. The summed E-state index contributed by atoms with van der Waals surface area (Å²) >= 11 is 18.6. The van der Waals surface area contributed by atoms with Crippen LogP contribution >= 0.6 is 34.8 Å². The molecular formula is C29H32Cl3N3O5S. The van der Waals surface area contributed by atoms with E-state index in [4.69, 9.17) is 39.5 Å². The van der Waals surface area contributed by atoms with Gasteiger partial charge in [-0.05, 0) is 55.3 Å². The van der Waals surface area contributed by atoms with E-state index in [0.717, 1.165) is 16.1 Å². The molecule has 8 nitrogen and oxygen atoms in total. The lowest BCUT2D eigenvalue weighted by Crippen LogP contribution is -2.54. The molecule has 0 unspecified atom stereocenters. The second-order valence-corrected chi connectivity index (χ2v) is 12.9. The van der Waals surface area contributed by atoms with Crippen LogP contribution in [-0.4, -0.2) is 57.1 Å². The predicted molar refractivity (Wildman–Crippen MR) is 164 cm³/mol. The molecule has 0 radical (unpaired) electrons. The van der Waals surface area contributed by atoms with Crippen molar-refractivity contribution in [2.45, 2.75) is 38.9 Å². The van der Waals surface area contributed by atoms with E-state index >= 15 is 0 Å². The number of nitrogens with one attached hydrogen (secondary N) is 1. The van der Waals surface area contributed by atoms with Crippen molar-refractivity contribution in [3.63, 3.8) is 0 Å². The Kier molecular flexibility index (Phi) is 11.3. The summed E-state index contributed by atoms with van der Waals surface area (Å²) in [6.45, 7) is 2.99. The first-order valence-electron chi connectivity index (χ1n) is 12.7. The molecular weight excluding hydrogens is 609 g/mol. The molecule has 0 heterocycles. The van der Waals surface area contributed by atoms with E-state index in [0.29, 0.717) is 10.6 Å². The van der Waals surface area contributed by atoms with Gasteiger partial charge in [0.2, 0.25) is 21.8 Å². The summed E-state index contributed by atoms with van der Waals surface area (Å²) in [6.07, 6.45) is 1.17. The van der Waals surface area contributed by atoms with Gasteiger partial charge in [0, 0.05) is 24.0 Å². The molecule has 1 N–H and O–H groups in total. The van der Waals surface area contributed by atoms with Crippen LogP contribution in [0.15, 0.2) is 66.7 Å². The lowest BCUT2D eigenvalue weighted by atomic mass is 10.0. The van der Waals surface area contributed by atoms with Crippen molar-refractivity contribution in [3.05, 3.63) is 92.9 Å². The molecule has 0 spiro atoms. The predicted octanol–water partition coefficient (Wildman–Crippen LogP) is 5.59. The molecule has 0 aliphatic carbocycles. The molecule has 1 atom stereocenters. The van der Waals surface area contributed by atoms with E-state index in [2.05, 4.69) is 5.32 Å². The van der Waals surface area contributed by atoms with Crippen molar-refractivity contribution >= 4 is 62.3 Å². The number of rotatable bonds is 12. The molecule has 2 amide bonds. The van der Waals surface area contributed by atoms with Gasteiger partial charge in [0.05, 0.1) is 29.1 Å². The minimum absolute atomic E-state index is 0.0387. The SMILES string of the molecule is COc1ccc(Cl)cc1N(CC(=O)N(Cc1ccc(Cl)c(Cl)c1)[C@@H](Cc1ccccc1)C(=O)NC(C)C)S(C)(=O)=O. The van der Waals surface area contributed by atoms with Crippen molar-refractivity contribution in [2.75, 3.05) is 24.2 Å². The van der Waals surface area contributed by atoms with E-state index < -0.39 is 28.5 Å². The number of anilines is 1. The van der Waals surface area contributed by atoms with Crippen LogP contribution in [-0.2, 0) is 32.6 Å². The summed E-state index contributed by atoms with van der Waals surface area (Å²) in [5.41, 5.74) is 1.52. The standard InChI is InChI=1S/C29H32Cl3N3O5S/c1-19(2)33-29(37)26(15-20-8-6-5-7-9-20)34(17-21-10-12-23(31)24(32)14-21)28(36)18-35(41(4,38)39)25-16-22(30)11-13-27(25)40-3/h5-14,16,19,26H,15,17-18H2,1-4H3,(H,33,37)/t26-/m0/s1. The zero-order valence-corrected chi connectivity index (χ0v) is 26.2. The maximum absolute atomic E-state index is 14.1. The maximum Gasteiger partial charge on any atom is 0.244 e. The number of nitrogens with zero attached hydrogens (tertiary/aromatic N) is 2. The quantitative estimate of drug-likeness (QED) is 0.279. The second-order valence-electron chi connectivity index (χ2n) is 9.72. The normalized spacial score (nSPS) is 12.1. The number of methoxy groups -OCH3 is 1. The fourth-order valence-corrected chi connectivity index (χ4v) is 5.55. The Hall–Kier alpha value is -2.98. The van der Waals surface area contributed by atoms with Gasteiger partial charge in [0.1, 0.15) is 18.3 Å². The first-order chi connectivity index (χ1) is 19.3. The third-order valence-electron chi connectivity index (χ3n) is 6.13. The molecule has 3 aromatic rings. The van der Waals surface area contributed by atoms with Crippen molar-refractivity contribution in [2.24, 2.45) is 0 Å². The molecule has 41 heavy (non-hydrogen) atoms. The zero-order chi connectivity index (χ0) is 30.3. The molecule has 3 rings (SSSR count). The lowest BCUT2D eigenvalue weighted by Gasteiger charge is -2.34. The number of amides is 2. The molecule has 220 valence electrons. The number of halogens is 3. The Morgan fingerprint density at radius 2 is 1.61 bits per heavy atom. The van der Waals surface area contributed by atoms with Gasteiger partial charge in [-0.3, -0.25) is 13.9 Å². The Morgan fingerprint density at radius 3 is 2.20 bits per heavy atom. The summed E-state index contributed by atoms with van der Waals surface area (Å²) in [7, 11) is -2.61. The topological polar surface area (TPSA) is 96.0 Å². The van der Waals surface area contributed by atoms with Crippen LogP contribution in [0.4, 0.5) is 5.69 Å². The fraction of sp³-hybridized carbons (Fsp3) is 0.310. The number of hydrogen-bond donors (Lipinski definition) is 1. The van der Waals surface area contributed by atoms with Gasteiger partial charge in [-0.15, -0.1) is 0 Å². The molecule has 0 aromatic heterocycles. The Bertz CT molecular complexity index is 1490. The van der Waals surface area contributed by atoms with E-state index in [9.17, 15) is 18.0 Å². The molecule has 0 saturated heterocycles. The maximum atomic E-state index is 14.1. The van der Waals surface area contributed by atoms with Crippen LogP contribution in [0.1, 0.15) is 25.0 Å². The largest absolute Gasteiger partial charge is 0.495 e. The van der Waals surface area contributed by atoms with Crippen LogP contribution in [0.2, 0.25) is 15.1 Å². The highest BCUT2D eigenvalue weighted by atomic mass is 35.5. The molecule has 12 heteroatoms. The van der Waals surface area contributed by atoms with Gasteiger partial charge in [-0.2, -0.15) is 0 Å². The highest BCUT2D eigenvalue weighted by Gasteiger charge is 2.34. The Morgan fingerprint density at radius 1 is 0.927 bits per heavy atom. The number of benzene rings is 3. The summed E-state index contributed by atoms with van der Waals surface area (Å²) in [6, 6.07) is 17.5. The summed E-state index contributed by atoms with van der Waals surface area (Å²) in [4.78, 5) is 29.1. The number of ether oxygens (including phenoxy) is 1.